The van der Waals surface area contributed by atoms with Crippen molar-refractivity contribution in [1.82, 2.24) is 10.3 Å². The van der Waals surface area contributed by atoms with Crippen LogP contribution in [0.1, 0.15) is 42.4 Å². The average molecular weight is 450 g/mol. The lowest BCUT2D eigenvalue weighted by atomic mass is 9.95. The largest absolute Gasteiger partial charge is 0.464 e. The van der Waals surface area contributed by atoms with Gasteiger partial charge in [0.25, 0.3) is 5.91 Å². The molecule has 4 rings (SSSR count). The zero-order valence-electron chi connectivity index (χ0n) is 16.6. The fourth-order valence-corrected chi connectivity index (χ4v) is 5.53. The van der Waals surface area contributed by atoms with Crippen molar-refractivity contribution in [2.75, 3.05) is 19.0 Å². The predicted molar refractivity (Wildman–Crippen MR) is 110 cm³/mol. The first-order valence-corrected chi connectivity index (χ1v) is 11.2. The number of urea groups is 1. The van der Waals surface area contributed by atoms with E-state index in [1.54, 1.807) is 6.07 Å². The van der Waals surface area contributed by atoms with Gasteiger partial charge in [0, 0.05) is 11.8 Å². The molecule has 0 bridgehead atoms. The first kappa shape index (κ1) is 20.6. The van der Waals surface area contributed by atoms with Crippen LogP contribution in [0.15, 0.2) is 22.2 Å². The minimum atomic E-state index is -1.20. The number of thiophene rings is 1. The molecular formula is C19H21N4O5S2+. The van der Waals surface area contributed by atoms with Gasteiger partial charge in [-0.15, -0.1) is 11.3 Å². The standard InChI is InChI=1S/C19H20N4O5S2/c1-10(2)6-19(16(26)22-17-20-12(8-30-17)15(25)28-3)9-23(19)14(24)13(21-18(23)27)11-4-5-29-7-11/h4-5,7-8,10,13H,6,9H2,1-3H3,(H-,20,21,22,26,27)/p+1. The Balaban J connectivity index is 1.62. The summed E-state index contributed by atoms with van der Waals surface area (Å²) in [6, 6.07) is 0.588. The number of hydrogen-bond acceptors (Lipinski definition) is 8. The number of esters is 1. The van der Waals surface area contributed by atoms with Crippen LogP contribution >= 0.6 is 22.7 Å². The fraction of sp³-hybridized carbons (Fsp3) is 0.421. The van der Waals surface area contributed by atoms with E-state index in [0.29, 0.717) is 6.42 Å². The Morgan fingerprint density at radius 3 is 2.80 bits per heavy atom. The van der Waals surface area contributed by atoms with Crippen molar-refractivity contribution in [3.05, 3.63) is 33.5 Å². The van der Waals surface area contributed by atoms with Crippen LogP contribution in [0.25, 0.3) is 0 Å². The van der Waals surface area contributed by atoms with E-state index in [1.165, 1.54) is 23.8 Å². The number of aromatic nitrogens is 1. The smallest absolute Gasteiger partial charge is 0.426 e. The summed E-state index contributed by atoms with van der Waals surface area (Å²) in [6.07, 6.45) is 0.365. The minimum absolute atomic E-state index is 0.0796. The van der Waals surface area contributed by atoms with Gasteiger partial charge in [0.2, 0.25) is 5.54 Å². The highest BCUT2D eigenvalue weighted by atomic mass is 32.1. The number of rotatable bonds is 6. The third-order valence-electron chi connectivity index (χ3n) is 5.53. The van der Waals surface area contributed by atoms with Crippen molar-refractivity contribution in [2.24, 2.45) is 5.92 Å². The summed E-state index contributed by atoms with van der Waals surface area (Å²) < 4.78 is 4.10. The number of carbonyl (C=O) groups is 4. The van der Waals surface area contributed by atoms with Crippen molar-refractivity contribution >= 4 is 51.6 Å². The third kappa shape index (κ3) is 2.96. The molecule has 3 atom stereocenters. The van der Waals surface area contributed by atoms with Crippen molar-refractivity contribution in [3.8, 4) is 0 Å². The summed E-state index contributed by atoms with van der Waals surface area (Å²) >= 11 is 2.52. The summed E-state index contributed by atoms with van der Waals surface area (Å²) in [6.45, 7) is 3.99. The molecule has 2 aromatic heterocycles. The molecule has 1 spiro atoms. The second-order valence-electron chi connectivity index (χ2n) is 7.86. The number of ether oxygens (including phenoxy) is 1. The van der Waals surface area contributed by atoms with Crippen molar-refractivity contribution in [3.63, 3.8) is 0 Å². The van der Waals surface area contributed by atoms with Crippen LogP contribution in [0.5, 0.6) is 0 Å². The fourth-order valence-electron chi connectivity index (χ4n) is 4.17. The summed E-state index contributed by atoms with van der Waals surface area (Å²) in [7, 11) is 1.25. The van der Waals surface area contributed by atoms with Crippen molar-refractivity contribution in [2.45, 2.75) is 31.8 Å². The lowest BCUT2D eigenvalue weighted by Gasteiger charge is -2.18. The summed E-state index contributed by atoms with van der Waals surface area (Å²) in [4.78, 5) is 55.3. The average Bonchev–Trinajstić information content (AvgIpc) is 3.12. The lowest BCUT2D eigenvalue weighted by molar-refractivity contribution is -0.650. The van der Waals surface area contributed by atoms with Gasteiger partial charge in [-0.25, -0.2) is 19.4 Å². The van der Waals surface area contributed by atoms with Gasteiger partial charge in [0.05, 0.1) is 7.11 Å². The Labute approximate surface area is 180 Å². The van der Waals surface area contributed by atoms with E-state index in [2.05, 4.69) is 20.4 Å². The minimum Gasteiger partial charge on any atom is -0.464 e. The maximum absolute atomic E-state index is 13.3. The lowest BCUT2D eigenvalue weighted by Crippen LogP contribution is -2.49. The van der Waals surface area contributed by atoms with Crippen LogP contribution in [-0.4, -0.2) is 52.5 Å². The van der Waals surface area contributed by atoms with E-state index >= 15 is 0 Å². The molecule has 3 unspecified atom stereocenters. The van der Waals surface area contributed by atoms with E-state index in [4.69, 9.17) is 0 Å². The summed E-state index contributed by atoms with van der Waals surface area (Å²) in [5.74, 6) is -1.29. The van der Waals surface area contributed by atoms with E-state index in [1.807, 2.05) is 24.6 Å². The number of methoxy groups -OCH3 is 1. The maximum atomic E-state index is 13.3. The molecule has 2 aromatic rings. The number of amides is 4. The normalized spacial score (nSPS) is 27.4. The number of quaternary nitrogens is 1. The molecule has 0 aliphatic carbocycles. The molecule has 0 aromatic carbocycles. The van der Waals surface area contributed by atoms with Gasteiger partial charge >= 0.3 is 17.9 Å². The number of imide groups is 1. The molecule has 2 saturated heterocycles. The molecule has 11 heteroatoms. The third-order valence-corrected chi connectivity index (χ3v) is 6.99. The molecule has 158 valence electrons. The Hall–Kier alpha value is -2.63. The Bertz CT molecular complexity index is 1030. The van der Waals surface area contributed by atoms with Gasteiger partial charge in [0.15, 0.2) is 23.4 Å². The first-order chi connectivity index (χ1) is 14.2. The second kappa shape index (κ2) is 7.25. The van der Waals surface area contributed by atoms with Gasteiger partial charge in [-0.05, 0) is 28.3 Å². The molecule has 2 fully saturated rings. The highest BCUT2D eigenvalue weighted by Gasteiger charge is 2.85. The number of nitrogens with one attached hydrogen (secondary N) is 2. The highest BCUT2D eigenvalue weighted by molar-refractivity contribution is 7.14. The molecule has 0 saturated carbocycles. The molecule has 2 N–H and O–H groups in total. The van der Waals surface area contributed by atoms with Crippen LogP contribution in [-0.2, 0) is 14.3 Å². The van der Waals surface area contributed by atoms with E-state index in [9.17, 15) is 19.2 Å². The molecule has 2 aliphatic heterocycles. The quantitative estimate of drug-likeness (QED) is 0.303. The number of carbonyl (C=O) groups excluding carboxylic acids is 4. The number of hydrogen-bond donors (Lipinski definition) is 2. The molecular weight excluding hydrogens is 428 g/mol. The molecule has 2 aliphatic rings. The van der Waals surface area contributed by atoms with Gasteiger partial charge in [0.1, 0.15) is 0 Å². The van der Waals surface area contributed by atoms with Crippen LogP contribution in [0.3, 0.4) is 0 Å². The molecule has 0 radical (unpaired) electrons. The SMILES string of the molecule is COC(=O)c1csc(NC(=O)C2(CC(C)C)C[N+]23C(=O)NC(c2ccsc2)C3=O)n1. The Kier molecular flexibility index (Phi) is 4.99. The van der Waals surface area contributed by atoms with Gasteiger partial charge < -0.3 is 4.74 Å². The molecule has 30 heavy (non-hydrogen) atoms. The van der Waals surface area contributed by atoms with Crippen LogP contribution in [0, 0.1) is 5.92 Å². The van der Waals surface area contributed by atoms with E-state index < -0.39 is 34.0 Å². The van der Waals surface area contributed by atoms with E-state index in [-0.39, 0.29) is 29.2 Å². The Morgan fingerprint density at radius 1 is 1.40 bits per heavy atom. The summed E-state index contributed by atoms with van der Waals surface area (Å²) in [5.41, 5.74) is -0.387. The topological polar surface area (TPSA) is 114 Å². The van der Waals surface area contributed by atoms with Gasteiger partial charge in [-0.2, -0.15) is 15.8 Å². The summed E-state index contributed by atoms with van der Waals surface area (Å²) in [5, 5.41) is 10.8. The highest BCUT2D eigenvalue weighted by Crippen LogP contribution is 2.53. The van der Waals surface area contributed by atoms with Crippen LogP contribution < -0.4 is 10.6 Å². The molecule has 9 nitrogen and oxygen atoms in total. The van der Waals surface area contributed by atoms with Crippen molar-refractivity contribution < 1.29 is 28.4 Å². The number of anilines is 1. The number of thiazole rings is 1. The molecule has 4 heterocycles. The Morgan fingerprint density at radius 2 is 2.17 bits per heavy atom. The van der Waals surface area contributed by atoms with Crippen LogP contribution in [0.4, 0.5) is 9.93 Å². The second-order valence-corrected chi connectivity index (χ2v) is 9.50. The van der Waals surface area contributed by atoms with Gasteiger partial charge in [-0.1, -0.05) is 13.8 Å². The van der Waals surface area contributed by atoms with E-state index in [0.717, 1.165) is 16.9 Å². The number of nitrogens with zero attached hydrogens (tertiary/aromatic N) is 2. The molecule has 4 amide bonds. The maximum Gasteiger partial charge on any atom is 0.426 e. The van der Waals surface area contributed by atoms with Crippen LogP contribution in [0.2, 0.25) is 0 Å². The van der Waals surface area contributed by atoms with Crippen molar-refractivity contribution in [1.29, 1.82) is 0 Å². The van der Waals surface area contributed by atoms with Gasteiger partial charge in [-0.3, -0.25) is 15.4 Å². The zero-order chi connectivity index (χ0) is 21.7. The monoisotopic (exact) mass is 449 g/mol. The predicted octanol–water partition coefficient (Wildman–Crippen LogP) is 2.54. The first-order valence-electron chi connectivity index (χ1n) is 9.36. The zero-order valence-corrected chi connectivity index (χ0v) is 18.3.